The fourth-order valence-corrected chi connectivity index (χ4v) is 3.75. The lowest BCUT2D eigenvalue weighted by Crippen LogP contribution is -2.47. The first-order valence-corrected chi connectivity index (χ1v) is 8.64. The largest absolute Gasteiger partial charge is 0.494 e. The van der Waals surface area contributed by atoms with Gasteiger partial charge in [0.15, 0.2) is 0 Å². The van der Waals surface area contributed by atoms with Gasteiger partial charge in [-0.25, -0.2) is 0 Å². The summed E-state index contributed by atoms with van der Waals surface area (Å²) in [5.74, 6) is 1.72. The van der Waals surface area contributed by atoms with E-state index in [1.54, 1.807) is 0 Å². The van der Waals surface area contributed by atoms with Crippen molar-refractivity contribution in [1.29, 1.82) is 0 Å². The lowest BCUT2D eigenvalue weighted by atomic mass is 9.85. The maximum absolute atomic E-state index is 5.93. The zero-order valence-corrected chi connectivity index (χ0v) is 16.0. The van der Waals surface area contributed by atoms with E-state index in [1.807, 2.05) is 0 Å². The molecule has 0 saturated carbocycles. The SMILES string of the molecule is CCOc1ccccc1[C@@H](C1CCOCC1)N1CCNCC1.Cl.Cl. The van der Waals surface area contributed by atoms with Gasteiger partial charge in [0.1, 0.15) is 5.75 Å². The Labute approximate surface area is 158 Å². The van der Waals surface area contributed by atoms with Crippen LogP contribution in [0.5, 0.6) is 5.75 Å². The number of para-hydroxylation sites is 1. The number of ether oxygens (including phenoxy) is 2. The molecule has 138 valence electrons. The Morgan fingerprint density at radius 3 is 2.50 bits per heavy atom. The lowest BCUT2D eigenvalue weighted by Gasteiger charge is -2.41. The molecule has 3 rings (SSSR count). The summed E-state index contributed by atoms with van der Waals surface area (Å²) in [7, 11) is 0. The molecule has 0 aromatic heterocycles. The molecule has 0 amide bonds. The van der Waals surface area contributed by atoms with Gasteiger partial charge >= 0.3 is 0 Å². The summed E-state index contributed by atoms with van der Waals surface area (Å²) < 4.78 is 11.5. The van der Waals surface area contributed by atoms with E-state index >= 15 is 0 Å². The van der Waals surface area contributed by atoms with Gasteiger partial charge in [0, 0.05) is 51.0 Å². The Kier molecular flexibility index (Phi) is 10.0. The molecule has 2 saturated heterocycles. The number of hydrogen-bond donors (Lipinski definition) is 1. The molecule has 0 spiro atoms. The summed E-state index contributed by atoms with van der Waals surface area (Å²) in [6, 6.07) is 9.05. The Hall–Kier alpha value is -0.520. The average molecular weight is 377 g/mol. The summed E-state index contributed by atoms with van der Waals surface area (Å²) in [5.41, 5.74) is 1.36. The maximum atomic E-state index is 5.93. The molecule has 2 aliphatic rings. The molecule has 1 aromatic rings. The van der Waals surface area contributed by atoms with Crippen molar-refractivity contribution in [2.45, 2.75) is 25.8 Å². The van der Waals surface area contributed by atoms with Crippen molar-refractivity contribution in [2.75, 3.05) is 46.0 Å². The molecule has 4 nitrogen and oxygen atoms in total. The molecule has 1 N–H and O–H groups in total. The van der Waals surface area contributed by atoms with E-state index in [-0.39, 0.29) is 24.8 Å². The minimum absolute atomic E-state index is 0. The molecule has 0 aliphatic carbocycles. The van der Waals surface area contributed by atoms with Crippen LogP contribution in [0.4, 0.5) is 0 Å². The standard InChI is InChI=1S/C18H28N2O2.2ClH/c1-2-22-17-6-4-3-5-16(17)18(15-7-13-21-14-8-15)20-11-9-19-10-12-20;;/h3-6,15,18-19H,2,7-14H2,1H3;2*1H/t18-;;/m1../s1. The summed E-state index contributed by atoms with van der Waals surface area (Å²) in [4.78, 5) is 2.64. The lowest BCUT2D eigenvalue weighted by molar-refractivity contribution is 0.0205. The summed E-state index contributed by atoms with van der Waals surface area (Å²) in [6.45, 7) is 8.95. The smallest absolute Gasteiger partial charge is 0.124 e. The summed E-state index contributed by atoms with van der Waals surface area (Å²) in [6.07, 6.45) is 2.30. The first-order chi connectivity index (χ1) is 10.9. The first kappa shape index (κ1) is 21.5. The Morgan fingerprint density at radius 2 is 1.83 bits per heavy atom. The van der Waals surface area contributed by atoms with Crippen molar-refractivity contribution in [3.05, 3.63) is 29.8 Å². The van der Waals surface area contributed by atoms with Gasteiger partial charge in [-0.05, 0) is 31.7 Å². The Bertz CT molecular complexity index is 446. The molecular weight excluding hydrogens is 347 g/mol. The van der Waals surface area contributed by atoms with Crippen LogP contribution in [0.25, 0.3) is 0 Å². The van der Waals surface area contributed by atoms with Crippen LogP contribution in [-0.2, 0) is 4.74 Å². The number of nitrogens with one attached hydrogen (secondary N) is 1. The van der Waals surface area contributed by atoms with Crippen molar-refractivity contribution in [2.24, 2.45) is 5.92 Å². The van der Waals surface area contributed by atoms with E-state index in [2.05, 4.69) is 41.4 Å². The third-order valence-electron chi connectivity index (χ3n) is 4.79. The van der Waals surface area contributed by atoms with Crippen molar-refractivity contribution in [1.82, 2.24) is 10.2 Å². The fourth-order valence-electron chi connectivity index (χ4n) is 3.75. The highest BCUT2D eigenvalue weighted by atomic mass is 35.5. The van der Waals surface area contributed by atoms with Crippen molar-refractivity contribution >= 4 is 24.8 Å². The van der Waals surface area contributed by atoms with Crippen LogP contribution in [-0.4, -0.2) is 50.9 Å². The van der Waals surface area contributed by atoms with Crippen LogP contribution in [0.15, 0.2) is 24.3 Å². The molecule has 2 fully saturated rings. The number of nitrogens with zero attached hydrogens (tertiary/aromatic N) is 1. The third-order valence-corrected chi connectivity index (χ3v) is 4.79. The first-order valence-electron chi connectivity index (χ1n) is 8.64. The number of hydrogen-bond acceptors (Lipinski definition) is 4. The minimum atomic E-state index is 0. The summed E-state index contributed by atoms with van der Waals surface area (Å²) in [5, 5.41) is 3.47. The van der Waals surface area contributed by atoms with Gasteiger partial charge in [-0.3, -0.25) is 4.90 Å². The quantitative estimate of drug-likeness (QED) is 0.854. The van der Waals surface area contributed by atoms with Crippen LogP contribution in [0.2, 0.25) is 0 Å². The zero-order chi connectivity index (χ0) is 15.2. The van der Waals surface area contributed by atoms with Gasteiger partial charge in [-0.15, -0.1) is 24.8 Å². The summed E-state index contributed by atoms with van der Waals surface area (Å²) >= 11 is 0. The molecule has 6 heteroatoms. The van der Waals surface area contributed by atoms with Crippen molar-refractivity contribution in [3.8, 4) is 5.75 Å². The molecule has 24 heavy (non-hydrogen) atoms. The predicted molar refractivity (Wildman–Crippen MR) is 103 cm³/mol. The maximum Gasteiger partial charge on any atom is 0.124 e. The number of rotatable bonds is 5. The molecule has 0 unspecified atom stereocenters. The predicted octanol–water partition coefficient (Wildman–Crippen LogP) is 3.30. The number of piperazine rings is 1. The molecule has 1 atom stereocenters. The van der Waals surface area contributed by atoms with Crippen LogP contribution >= 0.6 is 24.8 Å². The van der Waals surface area contributed by atoms with Gasteiger partial charge < -0.3 is 14.8 Å². The van der Waals surface area contributed by atoms with E-state index in [9.17, 15) is 0 Å². The van der Waals surface area contributed by atoms with Crippen LogP contribution < -0.4 is 10.1 Å². The van der Waals surface area contributed by atoms with Gasteiger partial charge in [0.2, 0.25) is 0 Å². The van der Waals surface area contributed by atoms with E-state index < -0.39 is 0 Å². The van der Waals surface area contributed by atoms with E-state index in [4.69, 9.17) is 9.47 Å². The van der Waals surface area contributed by atoms with Crippen LogP contribution in [0, 0.1) is 5.92 Å². The highest BCUT2D eigenvalue weighted by molar-refractivity contribution is 5.85. The topological polar surface area (TPSA) is 33.7 Å². The zero-order valence-electron chi connectivity index (χ0n) is 14.4. The second-order valence-electron chi connectivity index (χ2n) is 6.15. The molecular formula is C18H30Cl2N2O2. The van der Waals surface area contributed by atoms with E-state index in [0.29, 0.717) is 12.0 Å². The van der Waals surface area contributed by atoms with Gasteiger partial charge in [0.05, 0.1) is 6.61 Å². The number of halogens is 2. The third kappa shape index (κ3) is 5.24. The highest BCUT2D eigenvalue weighted by Gasteiger charge is 2.32. The van der Waals surface area contributed by atoms with Crippen LogP contribution in [0.1, 0.15) is 31.4 Å². The van der Waals surface area contributed by atoms with E-state index in [1.165, 1.54) is 5.56 Å². The van der Waals surface area contributed by atoms with Gasteiger partial charge in [-0.1, -0.05) is 18.2 Å². The normalized spacial score (nSPS) is 20.5. The minimum Gasteiger partial charge on any atom is -0.494 e. The Morgan fingerprint density at radius 1 is 1.17 bits per heavy atom. The second kappa shape index (κ2) is 11.2. The molecule has 1 aromatic carbocycles. The molecule has 0 radical (unpaired) electrons. The fraction of sp³-hybridized carbons (Fsp3) is 0.667. The van der Waals surface area contributed by atoms with Gasteiger partial charge in [0.25, 0.3) is 0 Å². The Balaban J connectivity index is 0.00000144. The van der Waals surface area contributed by atoms with E-state index in [0.717, 1.165) is 64.6 Å². The average Bonchev–Trinajstić information content (AvgIpc) is 2.59. The molecule has 0 bridgehead atoms. The molecule has 2 heterocycles. The highest BCUT2D eigenvalue weighted by Crippen LogP contribution is 2.39. The van der Waals surface area contributed by atoms with Crippen molar-refractivity contribution < 1.29 is 9.47 Å². The van der Waals surface area contributed by atoms with Crippen molar-refractivity contribution in [3.63, 3.8) is 0 Å². The monoisotopic (exact) mass is 376 g/mol. The van der Waals surface area contributed by atoms with Crippen LogP contribution in [0.3, 0.4) is 0 Å². The molecule has 2 aliphatic heterocycles. The number of benzene rings is 1. The second-order valence-corrected chi connectivity index (χ2v) is 6.15. The van der Waals surface area contributed by atoms with Gasteiger partial charge in [-0.2, -0.15) is 0 Å².